The van der Waals surface area contributed by atoms with E-state index in [4.69, 9.17) is 5.11 Å². The Morgan fingerprint density at radius 3 is 2.75 bits per heavy atom. The third-order valence-corrected chi connectivity index (χ3v) is 2.09. The lowest BCUT2D eigenvalue weighted by Gasteiger charge is -2.04. The molecule has 2 aliphatic rings. The van der Waals surface area contributed by atoms with Crippen molar-refractivity contribution in [3.8, 4) is 0 Å². The highest BCUT2D eigenvalue weighted by Crippen LogP contribution is 2.29. The Bertz CT molecular complexity index is 319. The monoisotopic (exact) mass is 162 g/mol. The van der Waals surface area contributed by atoms with E-state index < -0.39 is 6.10 Å². The zero-order chi connectivity index (χ0) is 8.55. The third-order valence-electron chi connectivity index (χ3n) is 2.09. The van der Waals surface area contributed by atoms with Gasteiger partial charge in [-0.25, -0.2) is 0 Å². The molecule has 0 fully saturated rings. The van der Waals surface area contributed by atoms with E-state index in [0.717, 1.165) is 16.7 Å². The van der Waals surface area contributed by atoms with Gasteiger partial charge in [0.25, 0.3) is 0 Å². The summed E-state index contributed by atoms with van der Waals surface area (Å²) in [7, 11) is 0. The van der Waals surface area contributed by atoms with E-state index >= 15 is 0 Å². The van der Waals surface area contributed by atoms with Gasteiger partial charge in [-0.1, -0.05) is 18.2 Å². The fourth-order valence-corrected chi connectivity index (χ4v) is 1.41. The summed E-state index contributed by atoms with van der Waals surface area (Å²) in [6, 6.07) is 0. The van der Waals surface area contributed by atoms with Crippen LogP contribution in [0.4, 0.5) is 0 Å². The predicted molar refractivity (Wildman–Crippen MR) is 46.5 cm³/mol. The lowest BCUT2D eigenvalue weighted by molar-refractivity contribution is 0.125. The Morgan fingerprint density at radius 1 is 1.25 bits per heavy atom. The molecule has 2 aliphatic carbocycles. The van der Waals surface area contributed by atoms with E-state index in [1.54, 1.807) is 0 Å². The van der Waals surface area contributed by atoms with Gasteiger partial charge in [0.1, 0.15) is 6.10 Å². The van der Waals surface area contributed by atoms with Crippen LogP contribution in [-0.4, -0.2) is 22.9 Å². The molecule has 12 heavy (non-hydrogen) atoms. The van der Waals surface area contributed by atoms with Crippen molar-refractivity contribution in [1.82, 2.24) is 0 Å². The molecule has 2 rings (SSSR count). The zero-order valence-electron chi connectivity index (χ0n) is 6.57. The minimum absolute atomic E-state index is 0.216. The van der Waals surface area contributed by atoms with E-state index in [1.807, 2.05) is 30.4 Å². The standard InChI is InChI=1S/C10H10O2/c11-6-10(12)9-4-7-2-1-3-8(7)5-9/h1-5,10-12H,6H2. The summed E-state index contributed by atoms with van der Waals surface area (Å²) in [4.78, 5) is 0. The van der Waals surface area contributed by atoms with Crippen molar-refractivity contribution in [3.63, 3.8) is 0 Å². The number of hydrogen-bond donors (Lipinski definition) is 2. The average Bonchev–Trinajstić information content (AvgIpc) is 2.60. The van der Waals surface area contributed by atoms with Crippen LogP contribution in [0, 0.1) is 0 Å². The van der Waals surface area contributed by atoms with E-state index in [-0.39, 0.29) is 6.61 Å². The van der Waals surface area contributed by atoms with Crippen LogP contribution in [0.2, 0.25) is 0 Å². The molecule has 0 aliphatic heterocycles. The van der Waals surface area contributed by atoms with Crippen molar-refractivity contribution in [2.24, 2.45) is 0 Å². The first-order valence-electron chi connectivity index (χ1n) is 3.92. The van der Waals surface area contributed by atoms with Crippen LogP contribution in [0.5, 0.6) is 0 Å². The molecular formula is C10H10O2. The highest BCUT2D eigenvalue weighted by molar-refractivity contribution is 5.63. The van der Waals surface area contributed by atoms with Crippen molar-refractivity contribution in [1.29, 1.82) is 0 Å². The highest BCUT2D eigenvalue weighted by atomic mass is 16.3. The Hall–Kier alpha value is -1.12. The predicted octanol–water partition coefficient (Wildman–Crippen LogP) is 0.702. The Kier molecular flexibility index (Phi) is 1.71. The minimum Gasteiger partial charge on any atom is -0.393 e. The summed E-state index contributed by atoms with van der Waals surface area (Å²) in [6.45, 7) is -0.216. The summed E-state index contributed by atoms with van der Waals surface area (Å²) in [6.07, 6.45) is 9.01. The molecule has 2 heteroatoms. The lowest BCUT2D eigenvalue weighted by atomic mass is 10.1. The molecule has 1 unspecified atom stereocenters. The highest BCUT2D eigenvalue weighted by Gasteiger charge is 2.17. The van der Waals surface area contributed by atoms with Gasteiger partial charge in [0, 0.05) is 0 Å². The number of fused-ring (bicyclic) bond motifs is 1. The van der Waals surface area contributed by atoms with Gasteiger partial charge < -0.3 is 10.2 Å². The third kappa shape index (κ3) is 1.05. The molecule has 2 nitrogen and oxygen atoms in total. The van der Waals surface area contributed by atoms with Gasteiger partial charge in [-0.2, -0.15) is 0 Å². The molecule has 0 aromatic carbocycles. The van der Waals surface area contributed by atoms with Crippen LogP contribution >= 0.6 is 0 Å². The van der Waals surface area contributed by atoms with Crippen LogP contribution in [0.3, 0.4) is 0 Å². The maximum absolute atomic E-state index is 9.30. The molecule has 1 atom stereocenters. The minimum atomic E-state index is -0.739. The summed E-state index contributed by atoms with van der Waals surface area (Å²) in [5.41, 5.74) is 3.04. The van der Waals surface area contributed by atoms with Gasteiger partial charge in [0.2, 0.25) is 0 Å². The van der Waals surface area contributed by atoms with Crippen LogP contribution in [-0.2, 0) is 0 Å². The average molecular weight is 162 g/mol. The second-order valence-corrected chi connectivity index (χ2v) is 2.92. The van der Waals surface area contributed by atoms with Gasteiger partial charge in [0.15, 0.2) is 0 Å². The molecule has 0 spiro atoms. The molecule has 0 saturated heterocycles. The van der Waals surface area contributed by atoms with Crippen molar-refractivity contribution < 1.29 is 10.2 Å². The second kappa shape index (κ2) is 2.73. The zero-order valence-corrected chi connectivity index (χ0v) is 6.57. The van der Waals surface area contributed by atoms with Crippen molar-refractivity contribution in [2.45, 2.75) is 6.10 Å². The number of hydrogen-bond acceptors (Lipinski definition) is 2. The van der Waals surface area contributed by atoms with E-state index in [0.29, 0.717) is 0 Å². The molecule has 0 heterocycles. The van der Waals surface area contributed by atoms with E-state index in [2.05, 4.69) is 0 Å². The van der Waals surface area contributed by atoms with E-state index in [9.17, 15) is 5.11 Å². The van der Waals surface area contributed by atoms with Gasteiger partial charge in [-0.15, -0.1) is 0 Å². The van der Waals surface area contributed by atoms with Gasteiger partial charge in [-0.3, -0.25) is 0 Å². The SMILES string of the molecule is OCC(O)C1=CC2=CC=CC2=C1. The molecule has 0 aromatic heterocycles. The molecule has 0 radical (unpaired) electrons. The van der Waals surface area contributed by atoms with Crippen molar-refractivity contribution in [3.05, 3.63) is 47.1 Å². The van der Waals surface area contributed by atoms with Crippen LogP contribution in [0.25, 0.3) is 0 Å². The summed E-state index contributed by atoms with van der Waals surface area (Å²) >= 11 is 0. The molecule has 0 bridgehead atoms. The molecule has 2 N–H and O–H groups in total. The molecule has 0 saturated carbocycles. The smallest absolute Gasteiger partial charge is 0.102 e. The summed E-state index contributed by atoms with van der Waals surface area (Å²) < 4.78 is 0. The van der Waals surface area contributed by atoms with Gasteiger partial charge in [-0.05, 0) is 28.9 Å². The number of allylic oxidation sites excluding steroid dienone is 6. The van der Waals surface area contributed by atoms with Gasteiger partial charge >= 0.3 is 0 Å². The van der Waals surface area contributed by atoms with E-state index in [1.165, 1.54) is 0 Å². The molecule has 62 valence electrons. The Labute approximate surface area is 70.8 Å². The second-order valence-electron chi connectivity index (χ2n) is 2.92. The molecule has 0 amide bonds. The number of aliphatic hydroxyl groups excluding tert-OH is 2. The Morgan fingerprint density at radius 2 is 2.08 bits per heavy atom. The fourth-order valence-electron chi connectivity index (χ4n) is 1.41. The van der Waals surface area contributed by atoms with Crippen LogP contribution in [0.15, 0.2) is 47.1 Å². The van der Waals surface area contributed by atoms with Crippen molar-refractivity contribution >= 4 is 0 Å². The Balaban J connectivity index is 2.24. The number of aliphatic hydroxyl groups is 2. The maximum atomic E-state index is 9.30. The van der Waals surface area contributed by atoms with Crippen LogP contribution in [0.1, 0.15) is 0 Å². The first-order chi connectivity index (χ1) is 5.81. The largest absolute Gasteiger partial charge is 0.393 e. The lowest BCUT2D eigenvalue weighted by Crippen LogP contribution is -2.12. The quantitative estimate of drug-likeness (QED) is 0.627. The van der Waals surface area contributed by atoms with Crippen molar-refractivity contribution in [2.75, 3.05) is 6.61 Å². The first-order valence-corrected chi connectivity index (χ1v) is 3.92. The number of rotatable bonds is 2. The fraction of sp³-hybridized carbons (Fsp3) is 0.200. The summed E-state index contributed by atoms with van der Waals surface area (Å²) in [5, 5.41) is 18.0. The first kappa shape index (κ1) is 7.53. The van der Waals surface area contributed by atoms with Gasteiger partial charge in [0.05, 0.1) is 6.61 Å². The normalized spacial score (nSPS) is 21.7. The molecule has 0 aromatic rings. The summed E-state index contributed by atoms with van der Waals surface area (Å²) in [5.74, 6) is 0. The maximum Gasteiger partial charge on any atom is 0.102 e. The van der Waals surface area contributed by atoms with Crippen LogP contribution < -0.4 is 0 Å². The molecular weight excluding hydrogens is 152 g/mol. The topological polar surface area (TPSA) is 40.5 Å².